The molecule has 3 aliphatic heterocycles. The number of benzene rings is 1. The maximum atomic E-state index is 14.3. The summed E-state index contributed by atoms with van der Waals surface area (Å²) in [5.74, 6) is -0.731. The number of aryl methyl sites for hydroxylation is 1. The summed E-state index contributed by atoms with van der Waals surface area (Å²) in [5.41, 5.74) is 8.58. The van der Waals surface area contributed by atoms with E-state index in [1.807, 2.05) is 23.9 Å². The number of piperidine rings is 3. The number of nitrogens with zero attached hydrogens (tertiary/aromatic N) is 9. The smallest absolute Gasteiger partial charge is 0.284 e. The van der Waals surface area contributed by atoms with Gasteiger partial charge in [-0.25, -0.2) is 22.7 Å². The van der Waals surface area contributed by atoms with Crippen molar-refractivity contribution in [2.24, 2.45) is 18.7 Å². The molecule has 3 atom stereocenters. The second-order valence-corrected chi connectivity index (χ2v) is 16.8. The number of hydrogen-bond acceptors (Lipinski definition) is 11. The quantitative estimate of drug-likeness (QED) is 0.147. The van der Waals surface area contributed by atoms with Gasteiger partial charge in [0, 0.05) is 63.0 Å². The molecule has 3 saturated heterocycles. The first kappa shape index (κ1) is 39.9. The fourth-order valence-corrected chi connectivity index (χ4v) is 9.58. The van der Waals surface area contributed by atoms with E-state index in [0.29, 0.717) is 42.9 Å². The van der Waals surface area contributed by atoms with Crippen LogP contribution in [0.4, 0.5) is 30.4 Å². The number of halogens is 3. The number of imide groups is 1. The molecule has 1 aliphatic carbocycles. The van der Waals surface area contributed by atoms with Crippen LogP contribution >= 0.6 is 0 Å². The Balaban J connectivity index is 0.781. The largest absolute Gasteiger partial charge is 0.370 e. The number of nitrogens with two attached hydrogens (primary N) is 1. The number of amides is 3. The minimum atomic E-state index is -2.90. The van der Waals surface area contributed by atoms with Crippen LogP contribution in [0.15, 0.2) is 42.9 Å². The van der Waals surface area contributed by atoms with Crippen LogP contribution in [0.2, 0.25) is 0 Å². The minimum absolute atomic E-state index is 0.0581. The lowest BCUT2D eigenvalue weighted by Gasteiger charge is -2.36. The summed E-state index contributed by atoms with van der Waals surface area (Å²) in [6.45, 7) is 3.17. The van der Waals surface area contributed by atoms with Gasteiger partial charge < -0.3 is 26.2 Å². The van der Waals surface area contributed by atoms with Crippen molar-refractivity contribution < 1.29 is 27.6 Å². The van der Waals surface area contributed by atoms with Gasteiger partial charge in [-0.15, -0.1) is 0 Å². The summed E-state index contributed by atoms with van der Waals surface area (Å²) in [6.07, 6.45) is 6.82. The normalized spacial score (nSPS) is 24.5. The van der Waals surface area contributed by atoms with Gasteiger partial charge in [0.25, 0.3) is 12.3 Å². The van der Waals surface area contributed by atoms with Gasteiger partial charge in [-0.3, -0.25) is 29.1 Å². The highest BCUT2D eigenvalue weighted by atomic mass is 19.3. The van der Waals surface area contributed by atoms with Crippen molar-refractivity contribution in [2.45, 2.75) is 94.4 Å². The van der Waals surface area contributed by atoms with Gasteiger partial charge >= 0.3 is 0 Å². The van der Waals surface area contributed by atoms with Gasteiger partial charge in [-0.05, 0) is 76.0 Å². The molecule has 9 rings (SSSR count). The molecule has 0 bridgehead atoms. The second kappa shape index (κ2) is 16.5. The number of fused-ring (bicyclic) bond motifs is 2. The molecule has 318 valence electrons. The van der Waals surface area contributed by atoms with Gasteiger partial charge in [0.2, 0.25) is 11.8 Å². The molecule has 4 fully saturated rings. The lowest BCUT2D eigenvalue weighted by atomic mass is 9.85. The molecule has 16 nitrogen and oxygen atoms in total. The van der Waals surface area contributed by atoms with Crippen molar-refractivity contribution in [2.75, 3.05) is 47.8 Å². The minimum Gasteiger partial charge on any atom is -0.370 e. The molecule has 60 heavy (non-hydrogen) atoms. The Hall–Kier alpha value is -5.56. The number of anilines is 3. The summed E-state index contributed by atoms with van der Waals surface area (Å²) in [4.78, 5) is 46.6. The van der Waals surface area contributed by atoms with Crippen LogP contribution < -0.4 is 31.5 Å². The van der Waals surface area contributed by atoms with Crippen LogP contribution in [0.25, 0.3) is 16.6 Å². The number of alkyl halides is 3. The van der Waals surface area contributed by atoms with Gasteiger partial charge in [0.15, 0.2) is 11.3 Å². The second-order valence-electron chi connectivity index (χ2n) is 16.8. The summed E-state index contributed by atoms with van der Waals surface area (Å²) >= 11 is 0. The number of aromatic nitrogens is 7. The average molecular weight is 830 g/mol. The number of nitrogens with one attached hydrogen (secondary N) is 3. The zero-order chi connectivity index (χ0) is 41.7. The van der Waals surface area contributed by atoms with Gasteiger partial charge in [-0.2, -0.15) is 15.3 Å². The van der Waals surface area contributed by atoms with E-state index in [1.54, 1.807) is 21.8 Å². The Morgan fingerprint density at radius 1 is 1.02 bits per heavy atom. The molecule has 3 amide bonds. The van der Waals surface area contributed by atoms with E-state index in [-0.39, 0.29) is 53.8 Å². The van der Waals surface area contributed by atoms with Crippen molar-refractivity contribution in [3.8, 4) is 0 Å². The predicted octanol–water partition coefficient (Wildman–Crippen LogP) is 4.39. The maximum Gasteiger partial charge on any atom is 0.284 e. The van der Waals surface area contributed by atoms with Crippen molar-refractivity contribution in [1.82, 2.24) is 44.8 Å². The van der Waals surface area contributed by atoms with Crippen molar-refractivity contribution in [3.05, 3.63) is 59.8 Å². The van der Waals surface area contributed by atoms with Crippen molar-refractivity contribution in [1.29, 1.82) is 0 Å². The van der Waals surface area contributed by atoms with Crippen LogP contribution in [-0.2, 0) is 16.6 Å². The summed E-state index contributed by atoms with van der Waals surface area (Å²) in [5, 5.41) is 23.1. The third kappa shape index (κ3) is 7.91. The lowest BCUT2D eigenvalue weighted by Crippen LogP contribution is -2.48. The fourth-order valence-electron chi connectivity index (χ4n) is 9.58. The first-order valence-corrected chi connectivity index (χ1v) is 20.9. The summed E-state index contributed by atoms with van der Waals surface area (Å²) in [6, 6.07) is 7.75. The predicted molar refractivity (Wildman–Crippen MR) is 218 cm³/mol. The van der Waals surface area contributed by atoms with E-state index >= 15 is 0 Å². The van der Waals surface area contributed by atoms with E-state index in [9.17, 15) is 27.6 Å². The van der Waals surface area contributed by atoms with Crippen LogP contribution in [0.1, 0.15) is 97.9 Å². The van der Waals surface area contributed by atoms with Crippen LogP contribution in [0, 0.1) is 5.92 Å². The standard InChI is InChI=1S/C41H50F3N13O3/c1-53-37-28(35(51-53)29-9-10-34(58)50-40(29)59)3-2-4-32(37)54-14-11-26(12-15-54)46-18-23-5-7-27(8-6-23)57-22-31(36(52-57)38(43)44)48-41(60)30-19-47-56-16-13-33(49-39(30)56)55-20-24(42)17-25(45)21-55/h2-4,13,16,19,22-27,29,38,46H,5-12,14-15,17-18,20-21,45H2,1H3,(H,48,60)(H,50,58,59)/t23?,24-,25-,27?,29?/m1/s1. The van der Waals surface area contributed by atoms with E-state index in [0.717, 1.165) is 74.7 Å². The number of carbonyl (C=O) groups excluding carboxylic acids is 3. The monoisotopic (exact) mass is 829 g/mol. The molecule has 1 unspecified atom stereocenters. The fraction of sp³-hybridized carbons (Fsp3) is 0.537. The van der Waals surface area contributed by atoms with Crippen molar-refractivity contribution in [3.63, 3.8) is 0 Å². The molecule has 1 aromatic carbocycles. The average Bonchev–Trinajstić information content (AvgIpc) is 3.95. The highest BCUT2D eigenvalue weighted by Gasteiger charge is 2.34. The Bertz CT molecular complexity index is 2390. The van der Waals surface area contributed by atoms with Crippen molar-refractivity contribution >= 4 is 51.5 Å². The number of rotatable bonds is 10. The molecule has 0 radical (unpaired) electrons. The summed E-state index contributed by atoms with van der Waals surface area (Å²) < 4.78 is 47.7. The Labute approximate surface area is 344 Å². The molecule has 7 heterocycles. The molecule has 1 saturated carbocycles. The SMILES string of the molecule is Cn1nc(C2CCC(=O)NC2=O)c2cccc(N3CCC(NCC4CCC(n5cc(NC(=O)c6cnn7ccc(N8C[C@H](N)C[C@@H](F)C8)nc67)c(C(F)F)n5)CC4)CC3)c21. The van der Waals surface area contributed by atoms with Gasteiger partial charge in [0.05, 0.1) is 47.3 Å². The highest BCUT2D eigenvalue weighted by Crippen LogP contribution is 2.37. The first-order valence-electron chi connectivity index (χ1n) is 20.9. The number of carbonyl (C=O) groups is 3. The number of para-hydroxylation sites is 1. The van der Waals surface area contributed by atoms with Crippen LogP contribution in [0.5, 0.6) is 0 Å². The molecule has 5 aromatic rings. The molecule has 4 aromatic heterocycles. The van der Waals surface area contributed by atoms with Crippen LogP contribution in [0.3, 0.4) is 0 Å². The van der Waals surface area contributed by atoms with E-state index in [2.05, 4.69) is 42.1 Å². The van der Waals surface area contributed by atoms with E-state index in [4.69, 9.17) is 10.8 Å². The molecule has 0 spiro atoms. The Morgan fingerprint density at radius 2 is 1.82 bits per heavy atom. The van der Waals surface area contributed by atoms with E-state index in [1.165, 1.54) is 16.9 Å². The molecular weight excluding hydrogens is 780 g/mol. The summed E-state index contributed by atoms with van der Waals surface area (Å²) in [7, 11) is 1.90. The Morgan fingerprint density at radius 3 is 2.57 bits per heavy atom. The van der Waals surface area contributed by atoms with E-state index < -0.39 is 30.1 Å². The van der Waals surface area contributed by atoms with Crippen LogP contribution in [-0.4, -0.2) is 103 Å². The third-order valence-electron chi connectivity index (χ3n) is 12.7. The van der Waals surface area contributed by atoms with Gasteiger partial charge in [0.1, 0.15) is 17.6 Å². The molecular formula is C41H50F3N13O3. The first-order chi connectivity index (χ1) is 29.0. The van der Waals surface area contributed by atoms with Gasteiger partial charge in [-0.1, -0.05) is 12.1 Å². The third-order valence-corrected chi connectivity index (χ3v) is 12.7. The molecule has 19 heteroatoms. The Kier molecular flexibility index (Phi) is 11.0. The lowest BCUT2D eigenvalue weighted by molar-refractivity contribution is -0.134. The maximum absolute atomic E-state index is 14.3. The topological polar surface area (TPSA) is 186 Å². The molecule has 4 aliphatic rings. The zero-order valence-corrected chi connectivity index (χ0v) is 33.4. The number of hydrogen-bond donors (Lipinski definition) is 4. The zero-order valence-electron chi connectivity index (χ0n) is 33.4. The highest BCUT2D eigenvalue weighted by molar-refractivity contribution is 6.08. The molecule has 5 N–H and O–H groups in total.